The van der Waals surface area contributed by atoms with Crippen LogP contribution in [-0.2, 0) is 4.79 Å². The highest BCUT2D eigenvalue weighted by atomic mass is 19.4. The summed E-state index contributed by atoms with van der Waals surface area (Å²) in [5.74, 6) is -1.60. The van der Waals surface area contributed by atoms with Crippen molar-refractivity contribution < 1.29 is 18.0 Å². The first kappa shape index (κ1) is 13.1. The molecule has 0 aliphatic heterocycles. The summed E-state index contributed by atoms with van der Waals surface area (Å²) in [5.41, 5.74) is 5.96. The molecular weight excluding hydrogens is 237 g/mol. The second kappa shape index (κ2) is 5.37. The molecule has 8 heteroatoms. The smallest absolute Gasteiger partial charge is 0.384 e. The fourth-order valence-corrected chi connectivity index (χ4v) is 0.993. The molecule has 1 rings (SSSR count). The van der Waals surface area contributed by atoms with Gasteiger partial charge in [-0.2, -0.15) is 13.2 Å². The zero-order chi connectivity index (χ0) is 12.9. The van der Waals surface area contributed by atoms with Gasteiger partial charge in [-0.15, -0.1) is 0 Å². The van der Waals surface area contributed by atoms with Crippen molar-refractivity contribution in [1.29, 1.82) is 0 Å². The Kier molecular flexibility index (Phi) is 4.13. The summed E-state index contributed by atoms with van der Waals surface area (Å²) in [6, 6.07) is 3.19. The minimum absolute atomic E-state index is 0.136. The van der Waals surface area contributed by atoms with E-state index in [1.54, 1.807) is 17.4 Å². The minimum atomic E-state index is -4.84. The predicted octanol–water partition coefficient (Wildman–Crippen LogP) is 0.754. The lowest BCUT2D eigenvalue weighted by atomic mass is 10.4. The number of pyridine rings is 1. The van der Waals surface area contributed by atoms with Crippen LogP contribution < -0.4 is 16.4 Å². The van der Waals surface area contributed by atoms with Gasteiger partial charge in [-0.25, -0.2) is 4.98 Å². The molecule has 94 valence electrons. The van der Waals surface area contributed by atoms with E-state index in [0.717, 1.165) is 0 Å². The number of nitrogen functional groups attached to an aromatic ring is 1. The van der Waals surface area contributed by atoms with Gasteiger partial charge in [0.2, 0.25) is 0 Å². The fourth-order valence-electron chi connectivity index (χ4n) is 0.993. The third-order valence-electron chi connectivity index (χ3n) is 1.78. The predicted molar refractivity (Wildman–Crippen MR) is 56.2 cm³/mol. The zero-order valence-electron chi connectivity index (χ0n) is 8.71. The van der Waals surface area contributed by atoms with Crippen molar-refractivity contribution in [3.05, 3.63) is 18.3 Å². The van der Waals surface area contributed by atoms with E-state index < -0.39 is 12.1 Å². The van der Waals surface area contributed by atoms with Crippen molar-refractivity contribution in [2.45, 2.75) is 6.18 Å². The SMILES string of the molecule is Nc1ccc(NCCNC(=O)C(F)(F)F)cn1. The summed E-state index contributed by atoms with van der Waals surface area (Å²) in [5, 5.41) is 4.51. The van der Waals surface area contributed by atoms with Crippen LogP contribution in [0.2, 0.25) is 0 Å². The van der Waals surface area contributed by atoms with Gasteiger partial charge in [-0.3, -0.25) is 4.79 Å². The normalized spacial score (nSPS) is 11.0. The molecule has 0 bridgehead atoms. The van der Waals surface area contributed by atoms with E-state index in [1.165, 1.54) is 6.20 Å². The summed E-state index contributed by atoms with van der Waals surface area (Å²) >= 11 is 0. The Balaban J connectivity index is 2.25. The van der Waals surface area contributed by atoms with Gasteiger partial charge in [0.25, 0.3) is 0 Å². The van der Waals surface area contributed by atoms with Crippen molar-refractivity contribution in [3.63, 3.8) is 0 Å². The Morgan fingerprint density at radius 2 is 2.06 bits per heavy atom. The maximum absolute atomic E-state index is 11.8. The van der Waals surface area contributed by atoms with Crippen LogP contribution in [-0.4, -0.2) is 30.2 Å². The number of carbonyl (C=O) groups is 1. The highest BCUT2D eigenvalue weighted by molar-refractivity contribution is 5.81. The molecular formula is C9H11F3N4O. The first-order valence-electron chi connectivity index (χ1n) is 4.70. The summed E-state index contributed by atoms with van der Waals surface area (Å²) < 4.78 is 35.4. The van der Waals surface area contributed by atoms with E-state index in [4.69, 9.17) is 5.73 Å². The van der Waals surface area contributed by atoms with Crippen LogP contribution in [0.15, 0.2) is 18.3 Å². The molecule has 17 heavy (non-hydrogen) atoms. The van der Waals surface area contributed by atoms with E-state index in [9.17, 15) is 18.0 Å². The van der Waals surface area contributed by atoms with Gasteiger partial charge in [0.05, 0.1) is 11.9 Å². The van der Waals surface area contributed by atoms with Crippen LogP contribution in [0.25, 0.3) is 0 Å². The lowest BCUT2D eigenvalue weighted by molar-refractivity contribution is -0.173. The molecule has 0 aromatic carbocycles. The van der Waals surface area contributed by atoms with Gasteiger partial charge in [0.15, 0.2) is 0 Å². The molecule has 1 aromatic rings. The second-order valence-corrected chi connectivity index (χ2v) is 3.15. The number of halogens is 3. The maximum atomic E-state index is 11.8. The van der Waals surface area contributed by atoms with E-state index in [2.05, 4.69) is 10.3 Å². The molecule has 0 spiro atoms. The fraction of sp³-hybridized carbons (Fsp3) is 0.333. The molecule has 1 amide bonds. The van der Waals surface area contributed by atoms with Gasteiger partial charge in [0, 0.05) is 13.1 Å². The van der Waals surface area contributed by atoms with E-state index in [0.29, 0.717) is 11.5 Å². The monoisotopic (exact) mass is 248 g/mol. The molecule has 0 unspecified atom stereocenters. The number of nitrogens with two attached hydrogens (primary N) is 1. The van der Waals surface area contributed by atoms with E-state index in [-0.39, 0.29) is 13.1 Å². The highest BCUT2D eigenvalue weighted by Crippen LogP contribution is 2.13. The number of nitrogens with zero attached hydrogens (tertiary/aromatic N) is 1. The van der Waals surface area contributed by atoms with E-state index >= 15 is 0 Å². The summed E-state index contributed by atoms with van der Waals surface area (Å²) in [4.78, 5) is 14.2. The molecule has 5 nitrogen and oxygen atoms in total. The van der Waals surface area contributed by atoms with Crippen LogP contribution in [0.3, 0.4) is 0 Å². The average Bonchev–Trinajstić information content (AvgIpc) is 2.25. The first-order chi connectivity index (χ1) is 7.89. The third-order valence-corrected chi connectivity index (χ3v) is 1.78. The Hall–Kier alpha value is -1.99. The van der Waals surface area contributed by atoms with Crippen LogP contribution >= 0.6 is 0 Å². The van der Waals surface area contributed by atoms with Crippen LogP contribution in [0.1, 0.15) is 0 Å². The van der Waals surface area contributed by atoms with Crippen molar-refractivity contribution in [2.24, 2.45) is 0 Å². The standard InChI is InChI=1S/C9H11F3N4O/c10-9(11,12)8(17)15-4-3-14-6-1-2-7(13)16-5-6/h1-2,5,14H,3-4H2,(H2,13,16)(H,15,17). The lowest BCUT2D eigenvalue weighted by Crippen LogP contribution is -2.39. The van der Waals surface area contributed by atoms with Crippen LogP contribution in [0.4, 0.5) is 24.7 Å². The van der Waals surface area contributed by atoms with Crippen molar-refractivity contribution >= 4 is 17.4 Å². The summed E-state index contributed by atoms with van der Waals surface area (Å²) in [6.07, 6.45) is -3.40. The number of hydrogen-bond acceptors (Lipinski definition) is 4. The molecule has 0 saturated carbocycles. The van der Waals surface area contributed by atoms with Gasteiger partial charge < -0.3 is 16.4 Å². The molecule has 0 atom stereocenters. The van der Waals surface area contributed by atoms with Gasteiger partial charge in [0.1, 0.15) is 5.82 Å². The number of aromatic nitrogens is 1. The summed E-state index contributed by atoms with van der Waals surface area (Å²) in [6.45, 7) is 0.0239. The zero-order valence-corrected chi connectivity index (χ0v) is 8.71. The molecule has 4 N–H and O–H groups in total. The maximum Gasteiger partial charge on any atom is 0.471 e. The van der Waals surface area contributed by atoms with Crippen LogP contribution in [0.5, 0.6) is 0 Å². The molecule has 0 radical (unpaired) electrons. The van der Waals surface area contributed by atoms with Gasteiger partial charge >= 0.3 is 12.1 Å². The van der Waals surface area contributed by atoms with Gasteiger partial charge in [-0.1, -0.05) is 0 Å². The van der Waals surface area contributed by atoms with Crippen molar-refractivity contribution in [2.75, 3.05) is 24.1 Å². The minimum Gasteiger partial charge on any atom is -0.384 e. The molecule has 1 heterocycles. The Labute approximate surface area is 95.2 Å². The van der Waals surface area contributed by atoms with Gasteiger partial charge in [-0.05, 0) is 12.1 Å². The van der Waals surface area contributed by atoms with Crippen molar-refractivity contribution in [3.8, 4) is 0 Å². The topological polar surface area (TPSA) is 80.0 Å². The number of nitrogens with one attached hydrogen (secondary N) is 2. The number of carbonyl (C=O) groups excluding carboxylic acids is 1. The van der Waals surface area contributed by atoms with E-state index in [1.807, 2.05) is 0 Å². The molecule has 0 fully saturated rings. The Morgan fingerprint density at radius 3 is 2.59 bits per heavy atom. The summed E-state index contributed by atoms with van der Waals surface area (Å²) in [7, 11) is 0. The number of anilines is 2. The third kappa shape index (κ3) is 4.58. The number of amides is 1. The highest BCUT2D eigenvalue weighted by Gasteiger charge is 2.38. The van der Waals surface area contributed by atoms with Crippen LogP contribution in [0, 0.1) is 0 Å². The first-order valence-corrected chi connectivity index (χ1v) is 4.70. The van der Waals surface area contributed by atoms with Crippen molar-refractivity contribution in [1.82, 2.24) is 10.3 Å². The molecule has 0 saturated heterocycles. The Morgan fingerprint density at radius 1 is 1.35 bits per heavy atom. The lowest BCUT2D eigenvalue weighted by Gasteiger charge is -2.09. The number of alkyl halides is 3. The molecule has 0 aliphatic carbocycles. The molecule has 0 aliphatic rings. The average molecular weight is 248 g/mol. The molecule has 1 aromatic heterocycles. The number of rotatable bonds is 4. The Bertz CT molecular complexity index is 377. The second-order valence-electron chi connectivity index (χ2n) is 3.15. The number of hydrogen-bond donors (Lipinski definition) is 3. The quantitative estimate of drug-likeness (QED) is 0.687. The largest absolute Gasteiger partial charge is 0.471 e.